The first-order chi connectivity index (χ1) is 33.5. The van der Waals surface area contributed by atoms with E-state index in [0.717, 1.165) is 0 Å². The highest BCUT2D eigenvalue weighted by atomic mass is 14.3. The molecule has 0 aromatic heterocycles. The Hall–Kier alpha value is -3.90. The minimum atomic E-state index is 1.39. The van der Waals surface area contributed by atoms with Gasteiger partial charge in [-0.3, -0.25) is 0 Å². The van der Waals surface area contributed by atoms with Gasteiger partial charge in [-0.2, -0.15) is 0 Å². The van der Waals surface area contributed by atoms with E-state index in [9.17, 15) is 0 Å². The molecule has 0 nitrogen and oxygen atoms in total. The lowest BCUT2D eigenvalue weighted by molar-refractivity contribution is 1.83. The summed E-state index contributed by atoms with van der Waals surface area (Å²) < 4.78 is 0. The second kappa shape index (κ2) is 17.9. The van der Waals surface area contributed by atoms with Crippen LogP contribution in [0.15, 0.2) is 0 Å². The lowest BCUT2D eigenvalue weighted by atomic mass is 9.55. The first kappa shape index (κ1) is 52.9. The van der Waals surface area contributed by atoms with Crippen molar-refractivity contribution < 1.29 is 0 Å². The van der Waals surface area contributed by atoms with Crippen LogP contribution in [0.1, 0.15) is 0 Å². The molecule has 72 heavy (non-hydrogen) atoms. The fraction of sp³-hybridized carbons (Fsp3) is 0. The Balaban J connectivity index is 1.60. The molecule has 0 saturated carbocycles. The maximum atomic E-state index is 2.48. The highest BCUT2D eigenvalue weighted by Crippen LogP contribution is 2.42. The summed E-state index contributed by atoms with van der Waals surface area (Å²) in [6.45, 7) is 0. The summed E-state index contributed by atoms with van der Waals surface area (Å²) in [7, 11) is 67.1. The van der Waals surface area contributed by atoms with Crippen LogP contribution in [0, 0.1) is 0 Å². The topological polar surface area (TPSA) is 0 Å². The van der Waals surface area contributed by atoms with Gasteiger partial charge in [0.2, 0.25) is 0 Å². The molecule has 0 N–H and O–H groups in total. The molecular weight excluding hydrogens is 831 g/mol. The third kappa shape index (κ3) is 6.72. The fourth-order valence-electron chi connectivity index (χ4n) is 14.8. The monoisotopic (exact) mass is 893 g/mol. The van der Waals surface area contributed by atoms with Crippen LogP contribution in [-0.4, -0.2) is 220 Å². The number of benzene rings is 9. The molecule has 0 aliphatic heterocycles. The Morgan fingerprint density at radius 3 is 0.528 bits per heavy atom. The third-order valence-electron chi connectivity index (χ3n) is 21.1. The van der Waals surface area contributed by atoms with E-state index in [1.54, 1.807) is 0 Å². The van der Waals surface area contributed by atoms with Crippen LogP contribution in [0.4, 0.5) is 0 Å². The number of hydrogen-bond donors (Lipinski definition) is 0. The van der Waals surface area contributed by atoms with Crippen molar-refractivity contribution in [3.8, 4) is 33.4 Å². The van der Waals surface area contributed by atoms with Gasteiger partial charge in [0.15, 0.2) is 0 Å². The first-order valence-electron chi connectivity index (χ1n) is 27.0. The maximum absolute atomic E-state index is 2.48. The molecule has 0 aliphatic carbocycles. The second-order valence-electron chi connectivity index (χ2n) is 23.5. The largest absolute Gasteiger partial charge is 0.140 e. The van der Waals surface area contributed by atoms with E-state index < -0.39 is 0 Å². The second-order valence-corrected chi connectivity index (χ2v) is 23.5. The van der Waals surface area contributed by atoms with Crippen molar-refractivity contribution in [3.05, 3.63) is 0 Å². The zero-order valence-corrected chi connectivity index (χ0v) is 50.0. The molecule has 316 valence electrons. The van der Waals surface area contributed by atoms with Crippen LogP contribution in [0.2, 0.25) is 0 Å². The summed E-state index contributed by atoms with van der Waals surface area (Å²) in [4.78, 5) is 0. The first-order valence-corrected chi connectivity index (χ1v) is 27.0. The number of hydrogen-bond acceptors (Lipinski definition) is 0. The Morgan fingerprint density at radius 1 is 0.0833 bits per heavy atom. The fourth-order valence-corrected chi connectivity index (χ4v) is 14.8. The van der Waals surface area contributed by atoms with Crippen molar-refractivity contribution in [3.63, 3.8) is 0 Å². The third-order valence-corrected chi connectivity index (χ3v) is 21.1. The van der Waals surface area contributed by atoms with E-state index in [0.29, 0.717) is 0 Å². The highest BCUT2D eigenvalue weighted by Gasteiger charge is 2.32. The average molecular weight is 888 g/mol. The van der Waals surface area contributed by atoms with Gasteiger partial charge in [0.1, 0.15) is 220 Å². The van der Waals surface area contributed by atoms with E-state index in [4.69, 9.17) is 0 Å². The van der Waals surface area contributed by atoms with Crippen molar-refractivity contribution in [1.29, 1.82) is 0 Å². The van der Waals surface area contributed by atoms with E-state index in [-0.39, 0.29) is 0 Å². The van der Waals surface area contributed by atoms with E-state index in [2.05, 4.69) is 220 Å². The van der Waals surface area contributed by atoms with Crippen LogP contribution >= 0.6 is 0 Å². The lowest BCUT2D eigenvalue weighted by Gasteiger charge is -2.33. The number of rotatable bonds is 3. The van der Waals surface area contributed by atoms with Gasteiger partial charge in [-0.25, -0.2) is 0 Å². The summed E-state index contributed by atoms with van der Waals surface area (Å²) in [6, 6.07) is 0. The zero-order valence-electron chi connectivity index (χ0n) is 50.0. The Kier molecular flexibility index (Phi) is 13.1. The molecule has 9 aromatic rings. The molecule has 0 spiro atoms. The SMILES string of the molecule is Bc1c(B)c(-c2c3c(B)c(B)c(B)c(B)c3c(-c3c(B)c4c(B)c(B)c(B)c(B)c4c4c(B)c(B)c(B)c(B)c34)c3c(B)c(B)c(B)c(B)c23)c(B)c(B)c1-c1c(B)c(B)c2c(B)c(B)c(B)c(B)c2c1B. The molecule has 0 unspecified atom stereocenters. The predicted octanol–water partition coefficient (Wildman–Crippen LogP) is -36.3. The normalized spacial score (nSPS) is 11.8. The smallest absolute Gasteiger partial charge is 0.101 e. The molecule has 0 saturated heterocycles. The minimum Gasteiger partial charge on any atom is -0.101 e. The summed E-state index contributed by atoms with van der Waals surface area (Å²) in [5.41, 5.74) is 47.9. The van der Waals surface area contributed by atoms with Gasteiger partial charge in [0, 0.05) is 0 Å². The molecule has 9 rings (SSSR count). The van der Waals surface area contributed by atoms with Crippen molar-refractivity contribution in [2.75, 3.05) is 0 Å². The van der Waals surface area contributed by atoms with Gasteiger partial charge in [0.05, 0.1) is 0 Å². The van der Waals surface area contributed by atoms with Gasteiger partial charge in [-0.05, 0) is 87.2 Å². The van der Waals surface area contributed by atoms with Gasteiger partial charge in [0.25, 0.3) is 0 Å². The van der Waals surface area contributed by atoms with E-state index in [1.807, 2.05) is 0 Å². The average Bonchev–Trinajstić information content (AvgIpc) is 3.35. The quantitative estimate of drug-likeness (QED) is 0.0942. The molecule has 0 bridgehead atoms. The van der Waals surface area contributed by atoms with Crippen LogP contribution in [0.5, 0.6) is 0 Å². The Morgan fingerprint density at radius 2 is 0.222 bits per heavy atom. The molecule has 0 radical (unpaired) electrons. The molecule has 0 amide bonds. The van der Waals surface area contributed by atoms with Crippen LogP contribution in [0.25, 0.3) is 87.2 Å². The van der Waals surface area contributed by atoms with E-state index >= 15 is 0 Å². The van der Waals surface area contributed by atoms with Gasteiger partial charge < -0.3 is 0 Å². The lowest BCUT2D eigenvalue weighted by Crippen LogP contribution is -2.53. The summed E-state index contributed by atoms with van der Waals surface area (Å²) >= 11 is 0. The van der Waals surface area contributed by atoms with Crippen molar-refractivity contribution in [2.24, 2.45) is 0 Å². The highest BCUT2D eigenvalue weighted by molar-refractivity contribution is 6.78. The molecule has 28 heteroatoms. The van der Waals surface area contributed by atoms with Crippen LogP contribution < -0.4 is 153 Å². The minimum absolute atomic E-state index is 1.39. The molecule has 0 heterocycles. The predicted molar refractivity (Wildman–Crippen MR) is 419 cm³/mol. The Bertz CT molecular complexity index is 4010. The molecule has 0 fully saturated rings. The summed E-state index contributed by atoms with van der Waals surface area (Å²) in [5.74, 6) is 0. The van der Waals surface area contributed by atoms with Gasteiger partial charge in [-0.15, -0.1) is 54.6 Å². The standard InChI is InChI=1S/C44H56B28/c45-17-3(8-9(24(52)40(68)39(67)23(8)51)10-12(17)32(60)42(70)41(69)25(10)53)1-4-6(21(49)37(65)35(63)19(4)47)2(7-5(1)20(48)36(64)38(66)22(7)50)11-26(54)29(57)15(30(58)27(11)55)13-18(46)14-16(31(59)28(13)56)34(62)44(72)43(71)33(14)61/h45-72H2. The van der Waals surface area contributed by atoms with Gasteiger partial charge >= 0.3 is 0 Å². The summed E-state index contributed by atoms with van der Waals surface area (Å²) in [5, 5.41) is 14.3. The van der Waals surface area contributed by atoms with Crippen LogP contribution in [-0.2, 0) is 0 Å². The Labute approximate surface area is 456 Å². The van der Waals surface area contributed by atoms with Gasteiger partial charge in [-0.1, -0.05) is 98.3 Å². The molecule has 0 atom stereocenters. The number of fused-ring (bicyclic) bond motifs is 6. The summed E-state index contributed by atoms with van der Waals surface area (Å²) in [6.07, 6.45) is 0. The van der Waals surface area contributed by atoms with Crippen molar-refractivity contribution in [2.45, 2.75) is 0 Å². The van der Waals surface area contributed by atoms with Crippen molar-refractivity contribution in [1.82, 2.24) is 0 Å². The van der Waals surface area contributed by atoms with Crippen molar-refractivity contribution >= 4 is 427 Å². The molecule has 9 aromatic carbocycles. The van der Waals surface area contributed by atoms with E-state index in [1.165, 1.54) is 240 Å². The van der Waals surface area contributed by atoms with Crippen LogP contribution in [0.3, 0.4) is 0 Å². The maximum Gasteiger partial charge on any atom is 0.140 e. The molecular formula is C44H56B28. The zero-order chi connectivity index (χ0) is 53.4. The molecule has 0 aliphatic rings.